The highest BCUT2D eigenvalue weighted by molar-refractivity contribution is 5.84. The molecular weight excluding hydrogens is 674 g/mol. The summed E-state index contributed by atoms with van der Waals surface area (Å²) in [7, 11) is 1.83. The van der Waals surface area contributed by atoms with E-state index >= 15 is 0 Å². The first kappa shape index (κ1) is 34.6. The normalized spacial score (nSPS) is 21.8. The lowest BCUT2D eigenvalue weighted by molar-refractivity contribution is -0.141. The molecule has 53 heavy (non-hydrogen) atoms. The Labute approximate surface area is 308 Å². The molecule has 4 aliphatic rings. The van der Waals surface area contributed by atoms with E-state index < -0.39 is 18.9 Å². The van der Waals surface area contributed by atoms with Gasteiger partial charge in [0.05, 0.1) is 5.92 Å². The number of anilines is 1. The lowest BCUT2D eigenvalue weighted by Crippen LogP contribution is -2.31. The predicted octanol–water partition coefficient (Wildman–Crippen LogP) is 5.19. The number of rotatable bonds is 8. The van der Waals surface area contributed by atoms with Crippen LogP contribution in [0, 0.1) is 17.8 Å². The predicted molar refractivity (Wildman–Crippen MR) is 197 cm³/mol. The zero-order chi connectivity index (χ0) is 36.9. The number of nitrogen functional groups attached to an aromatic ring is 1. The summed E-state index contributed by atoms with van der Waals surface area (Å²) in [6, 6.07) is 14.8. The number of hydrogen-bond donors (Lipinski definition) is 5. The lowest BCUT2D eigenvalue weighted by atomic mass is 9.65. The number of hydrogen-bond acceptors (Lipinski definition) is 11. The molecule has 4 atom stereocenters. The van der Waals surface area contributed by atoms with Crippen molar-refractivity contribution in [1.82, 2.24) is 10.3 Å². The largest absolute Gasteiger partial charge is 0.508 e. The topological polar surface area (TPSA) is 166 Å². The number of carbonyl (C=O) groups is 1. The number of fused-ring (bicyclic) bond motifs is 7. The van der Waals surface area contributed by atoms with E-state index in [-0.39, 0.29) is 35.9 Å². The molecule has 0 radical (unpaired) electrons. The molecule has 3 aromatic carbocycles. The molecule has 3 heterocycles. The zero-order valence-electron chi connectivity index (χ0n) is 29.8. The van der Waals surface area contributed by atoms with Crippen LogP contribution in [0.5, 0.6) is 28.7 Å². The summed E-state index contributed by atoms with van der Waals surface area (Å²) >= 11 is 0. The highest BCUT2D eigenvalue weighted by Crippen LogP contribution is 2.62. The number of phenolic OH excluding ortho intramolecular Hbond substituents is 2. The molecule has 11 heteroatoms. The highest BCUT2D eigenvalue weighted by Gasteiger charge is 2.51. The van der Waals surface area contributed by atoms with Crippen LogP contribution in [0.1, 0.15) is 77.3 Å². The molecule has 11 nitrogen and oxygen atoms in total. The van der Waals surface area contributed by atoms with E-state index in [1.165, 1.54) is 13.0 Å². The molecule has 8 rings (SSSR count). The van der Waals surface area contributed by atoms with Crippen molar-refractivity contribution >= 4 is 11.8 Å². The molecule has 274 valence electrons. The number of likely N-dealkylation sites (N-methyl/N-ethyl adjacent to an activating group) is 1. The van der Waals surface area contributed by atoms with Crippen molar-refractivity contribution in [2.24, 2.45) is 5.92 Å². The Morgan fingerprint density at radius 1 is 1.08 bits per heavy atom. The molecule has 0 saturated heterocycles. The van der Waals surface area contributed by atoms with Crippen LogP contribution in [-0.2, 0) is 34.2 Å². The first-order valence-electron chi connectivity index (χ1n) is 18.1. The van der Waals surface area contributed by atoms with Crippen molar-refractivity contribution < 1.29 is 39.1 Å². The maximum Gasteiger partial charge on any atom is 0.302 e. The van der Waals surface area contributed by atoms with Crippen molar-refractivity contribution in [3.05, 3.63) is 87.6 Å². The minimum Gasteiger partial charge on any atom is -0.508 e. The SMILES string of the molecule is CNCCOc1cc2c(cc1O)CC#Cc1nc(N)ccc1C[C@H]1CC[C@]3(Cc4cc(O)cc(OCO)c4-c4ccc5c(c43)O[C@H]2[C@H]5COC(C)=O)C1. The molecule has 2 aliphatic heterocycles. The van der Waals surface area contributed by atoms with E-state index in [9.17, 15) is 20.1 Å². The maximum absolute atomic E-state index is 12.3. The fourth-order valence-electron chi connectivity index (χ4n) is 9.06. The number of carbonyl (C=O) groups excluding carboxylic acids is 1. The number of esters is 1. The van der Waals surface area contributed by atoms with Crippen LogP contribution in [0.25, 0.3) is 11.1 Å². The van der Waals surface area contributed by atoms with Gasteiger partial charge in [0, 0.05) is 53.6 Å². The number of nitrogens with zero attached hydrogens (tertiary/aromatic N) is 1. The van der Waals surface area contributed by atoms with Gasteiger partial charge < -0.3 is 45.3 Å². The van der Waals surface area contributed by atoms with Crippen molar-refractivity contribution in [3.8, 4) is 51.7 Å². The molecule has 1 aromatic heterocycles. The maximum atomic E-state index is 12.3. The Kier molecular flexibility index (Phi) is 9.05. The van der Waals surface area contributed by atoms with Crippen molar-refractivity contribution in [2.45, 2.75) is 62.9 Å². The summed E-state index contributed by atoms with van der Waals surface area (Å²) in [6.07, 6.45) is 3.71. The van der Waals surface area contributed by atoms with E-state index in [0.717, 1.165) is 75.9 Å². The van der Waals surface area contributed by atoms with Gasteiger partial charge in [0.1, 0.15) is 48.1 Å². The van der Waals surface area contributed by atoms with Crippen LogP contribution in [-0.4, -0.2) is 59.9 Å². The van der Waals surface area contributed by atoms with Crippen LogP contribution < -0.4 is 25.3 Å². The van der Waals surface area contributed by atoms with E-state index in [4.69, 9.17) is 24.7 Å². The fraction of sp³-hybridized carbons (Fsp3) is 0.381. The third-order valence-corrected chi connectivity index (χ3v) is 11.2. The Bertz CT molecular complexity index is 2170. The Morgan fingerprint density at radius 2 is 1.94 bits per heavy atom. The van der Waals surface area contributed by atoms with Gasteiger partial charge in [-0.25, -0.2) is 4.98 Å². The number of aromatic hydroxyl groups is 2. The van der Waals surface area contributed by atoms with E-state index in [2.05, 4.69) is 28.2 Å². The van der Waals surface area contributed by atoms with Gasteiger partial charge in [-0.1, -0.05) is 24.1 Å². The summed E-state index contributed by atoms with van der Waals surface area (Å²) in [4.78, 5) is 17.0. The van der Waals surface area contributed by atoms with Gasteiger partial charge in [-0.3, -0.25) is 4.79 Å². The third-order valence-electron chi connectivity index (χ3n) is 11.2. The average molecular weight is 718 g/mol. The number of aliphatic hydroxyl groups is 1. The first-order chi connectivity index (χ1) is 25.7. The summed E-state index contributed by atoms with van der Waals surface area (Å²) in [5, 5.41) is 34.9. The average Bonchev–Trinajstić information content (AvgIpc) is 3.69. The number of nitrogens with one attached hydrogen (secondary N) is 1. The second-order valence-electron chi connectivity index (χ2n) is 14.6. The lowest BCUT2D eigenvalue weighted by Gasteiger charge is -2.39. The fourth-order valence-corrected chi connectivity index (χ4v) is 9.06. The van der Waals surface area contributed by atoms with Crippen LogP contribution in [0.2, 0.25) is 0 Å². The molecule has 2 aliphatic carbocycles. The van der Waals surface area contributed by atoms with Gasteiger partial charge in [0.15, 0.2) is 18.3 Å². The Hall–Kier alpha value is -5.44. The summed E-state index contributed by atoms with van der Waals surface area (Å²) in [6.45, 7) is 1.83. The molecule has 1 spiro atoms. The van der Waals surface area contributed by atoms with Crippen LogP contribution in [0.3, 0.4) is 0 Å². The number of aliphatic hydroxyl groups excluding tert-OH is 1. The summed E-state index contributed by atoms with van der Waals surface area (Å²) < 4.78 is 24.7. The van der Waals surface area contributed by atoms with Crippen LogP contribution in [0.15, 0.2) is 48.5 Å². The summed E-state index contributed by atoms with van der Waals surface area (Å²) in [5.74, 6) is 8.01. The minimum absolute atomic E-state index is 0.0145. The number of pyridine rings is 1. The van der Waals surface area contributed by atoms with E-state index in [0.29, 0.717) is 48.5 Å². The van der Waals surface area contributed by atoms with Crippen molar-refractivity contribution in [2.75, 3.05) is 39.3 Å². The summed E-state index contributed by atoms with van der Waals surface area (Å²) in [5.41, 5.74) is 13.6. The molecule has 4 aromatic rings. The Balaban J connectivity index is 1.38. The number of aromatic nitrogens is 1. The number of ether oxygens (including phenoxy) is 4. The second kappa shape index (κ2) is 13.8. The van der Waals surface area contributed by atoms with Gasteiger partial charge in [0.2, 0.25) is 0 Å². The van der Waals surface area contributed by atoms with Crippen LogP contribution in [0.4, 0.5) is 5.82 Å². The number of nitrogens with two attached hydrogens (primary N) is 1. The molecule has 1 fully saturated rings. The van der Waals surface area contributed by atoms with Crippen molar-refractivity contribution in [3.63, 3.8) is 0 Å². The van der Waals surface area contributed by atoms with Gasteiger partial charge in [0.25, 0.3) is 0 Å². The molecule has 1 saturated carbocycles. The first-order valence-corrected chi connectivity index (χ1v) is 18.1. The zero-order valence-corrected chi connectivity index (χ0v) is 29.8. The highest BCUT2D eigenvalue weighted by atomic mass is 16.6. The third kappa shape index (κ3) is 6.26. The Morgan fingerprint density at radius 3 is 2.75 bits per heavy atom. The van der Waals surface area contributed by atoms with E-state index in [1.807, 2.05) is 31.3 Å². The molecule has 6 N–H and O–H groups in total. The van der Waals surface area contributed by atoms with Crippen LogP contribution >= 0.6 is 0 Å². The monoisotopic (exact) mass is 717 g/mol. The molecule has 0 unspecified atom stereocenters. The number of phenols is 2. The van der Waals surface area contributed by atoms with Gasteiger partial charge in [-0.2, -0.15) is 0 Å². The minimum atomic E-state index is -0.616. The number of benzene rings is 3. The van der Waals surface area contributed by atoms with Crippen molar-refractivity contribution in [1.29, 1.82) is 0 Å². The smallest absolute Gasteiger partial charge is 0.302 e. The molecule has 0 amide bonds. The van der Waals surface area contributed by atoms with Gasteiger partial charge in [-0.05, 0) is 97.5 Å². The molecule has 4 bridgehead atoms. The van der Waals surface area contributed by atoms with E-state index in [1.54, 1.807) is 12.1 Å². The van der Waals surface area contributed by atoms with Gasteiger partial charge >= 0.3 is 5.97 Å². The second-order valence-corrected chi connectivity index (χ2v) is 14.6. The quantitative estimate of drug-likeness (QED) is 0.0705. The van der Waals surface area contributed by atoms with Gasteiger partial charge in [-0.15, -0.1) is 0 Å². The molecular formula is C42H43N3O8. The standard InChI is InChI=1S/C42H43N3O8/c1-23(47)51-21-32-29-7-8-30-38-27(15-28(48)17-36(38)52-22-46)20-42-11-10-24(19-42)14-26-6-9-37(43)45-33(26)5-3-4-25-16-34(49)35(50-13-12-44-2)18-31(25)40(32)53-41(29)39(30)42/h6-9,15-18,24,32,40,44,46,48-49H,4,10-14,19-22H2,1-2H3,(H2,43,45)/t24-,32+,40-,42-/m1/s1.